The highest BCUT2D eigenvalue weighted by atomic mass is 19.1. The molecule has 0 amide bonds. The summed E-state index contributed by atoms with van der Waals surface area (Å²) in [6, 6.07) is 6.63. The molecule has 0 N–H and O–H groups in total. The van der Waals surface area contributed by atoms with Crippen molar-refractivity contribution in [1.29, 1.82) is 0 Å². The zero-order valence-electron chi connectivity index (χ0n) is 9.41. The number of benzene rings is 1. The SMILES string of the molecule is CCN(CC)C/C=C\c1cccc(F)c1. The lowest BCUT2D eigenvalue weighted by molar-refractivity contribution is 0.338. The first-order valence-electron chi connectivity index (χ1n) is 5.40. The summed E-state index contributed by atoms with van der Waals surface area (Å²) in [4.78, 5) is 2.30. The van der Waals surface area contributed by atoms with Crippen molar-refractivity contribution in [3.63, 3.8) is 0 Å². The average Bonchev–Trinajstić information content (AvgIpc) is 2.25. The zero-order chi connectivity index (χ0) is 11.1. The lowest BCUT2D eigenvalue weighted by Gasteiger charge is -2.14. The minimum Gasteiger partial charge on any atom is -0.300 e. The second kappa shape index (κ2) is 6.36. The number of hydrogen-bond acceptors (Lipinski definition) is 1. The molecule has 15 heavy (non-hydrogen) atoms. The largest absolute Gasteiger partial charge is 0.300 e. The molecule has 1 rings (SSSR count). The van der Waals surface area contributed by atoms with Crippen molar-refractivity contribution < 1.29 is 4.39 Å². The van der Waals surface area contributed by atoms with E-state index < -0.39 is 0 Å². The molecule has 1 aromatic carbocycles. The maximum absolute atomic E-state index is 12.8. The van der Waals surface area contributed by atoms with Crippen molar-refractivity contribution in [2.75, 3.05) is 19.6 Å². The summed E-state index contributed by atoms with van der Waals surface area (Å²) in [6.07, 6.45) is 4.03. The lowest BCUT2D eigenvalue weighted by atomic mass is 10.2. The van der Waals surface area contributed by atoms with Gasteiger partial charge in [0, 0.05) is 6.54 Å². The second-order valence-electron chi connectivity index (χ2n) is 3.44. The van der Waals surface area contributed by atoms with E-state index in [2.05, 4.69) is 24.8 Å². The molecule has 0 bridgehead atoms. The van der Waals surface area contributed by atoms with Gasteiger partial charge in [0.1, 0.15) is 5.82 Å². The average molecular weight is 207 g/mol. The Bertz CT molecular complexity index is 316. The Kier molecular flexibility index (Phi) is 5.05. The molecule has 0 spiro atoms. The minimum absolute atomic E-state index is 0.181. The molecular weight excluding hydrogens is 189 g/mol. The first-order chi connectivity index (χ1) is 7.26. The fourth-order valence-electron chi connectivity index (χ4n) is 1.43. The van der Waals surface area contributed by atoms with Gasteiger partial charge in [-0.25, -0.2) is 4.39 Å². The molecule has 1 nitrogen and oxygen atoms in total. The van der Waals surface area contributed by atoms with Gasteiger partial charge in [0.25, 0.3) is 0 Å². The molecule has 1 aromatic rings. The molecule has 0 aliphatic carbocycles. The molecule has 0 heterocycles. The smallest absolute Gasteiger partial charge is 0.123 e. The Morgan fingerprint density at radius 2 is 2.00 bits per heavy atom. The maximum Gasteiger partial charge on any atom is 0.123 e. The molecule has 0 fully saturated rings. The zero-order valence-corrected chi connectivity index (χ0v) is 9.41. The van der Waals surface area contributed by atoms with Crippen LogP contribution in [0.3, 0.4) is 0 Å². The maximum atomic E-state index is 12.8. The van der Waals surface area contributed by atoms with Crippen LogP contribution in [0.25, 0.3) is 6.08 Å². The van der Waals surface area contributed by atoms with Crippen molar-refractivity contribution >= 4 is 6.08 Å². The third-order valence-electron chi connectivity index (χ3n) is 2.42. The second-order valence-corrected chi connectivity index (χ2v) is 3.44. The van der Waals surface area contributed by atoms with E-state index in [4.69, 9.17) is 0 Å². The van der Waals surface area contributed by atoms with Crippen LogP contribution in [0.2, 0.25) is 0 Å². The van der Waals surface area contributed by atoms with Gasteiger partial charge in [-0.05, 0) is 30.8 Å². The van der Waals surface area contributed by atoms with Gasteiger partial charge in [0.2, 0.25) is 0 Å². The molecule has 0 aliphatic heterocycles. The van der Waals surface area contributed by atoms with Crippen LogP contribution >= 0.6 is 0 Å². The Morgan fingerprint density at radius 3 is 2.60 bits per heavy atom. The van der Waals surface area contributed by atoms with Crippen molar-refractivity contribution in [2.45, 2.75) is 13.8 Å². The van der Waals surface area contributed by atoms with E-state index in [1.165, 1.54) is 6.07 Å². The first kappa shape index (κ1) is 11.9. The fourth-order valence-corrected chi connectivity index (χ4v) is 1.43. The lowest BCUT2D eigenvalue weighted by Crippen LogP contribution is -2.22. The topological polar surface area (TPSA) is 3.24 Å². The number of likely N-dealkylation sites (N-methyl/N-ethyl adjacent to an activating group) is 1. The van der Waals surface area contributed by atoms with Gasteiger partial charge >= 0.3 is 0 Å². The normalized spacial score (nSPS) is 11.5. The van der Waals surface area contributed by atoms with Gasteiger partial charge in [-0.15, -0.1) is 0 Å². The molecule has 0 aliphatic rings. The van der Waals surface area contributed by atoms with Gasteiger partial charge in [0.05, 0.1) is 0 Å². The van der Waals surface area contributed by atoms with Gasteiger partial charge in [-0.2, -0.15) is 0 Å². The van der Waals surface area contributed by atoms with E-state index in [0.717, 1.165) is 25.2 Å². The van der Waals surface area contributed by atoms with Crippen LogP contribution in [0.15, 0.2) is 30.3 Å². The molecule has 2 heteroatoms. The van der Waals surface area contributed by atoms with E-state index in [9.17, 15) is 4.39 Å². The third-order valence-corrected chi connectivity index (χ3v) is 2.42. The van der Waals surface area contributed by atoms with E-state index in [-0.39, 0.29) is 5.82 Å². The highest BCUT2D eigenvalue weighted by Crippen LogP contribution is 2.05. The standard InChI is InChI=1S/C13H18FN/c1-3-15(4-2)10-6-8-12-7-5-9-13(14)11-12/h5-9,11H,3-4,10H2,1-2H3/b8-6-. The van der Waals surface area contributed by atoms with E-state index in [1.807, 2.05) is 12.1 Å². The number of nitrogens with zero attached hydrogens (tertiary/aromatic N) is 1. The van der Waals surface area contributed by atoms with Crippen molar-refractivity contribution in [2.24, 2.45) is 0 Å². The number of rotatable bonds is 5. The minimum atomic E-state index is -0.181. The Morgan fingerprint density at radius 1 is 1.27 bits per heavy atom. The number of halogens is 1. The molecule has 0 radical (unpaired) electrons. The molecule has 82 valence electrons. The molecule has 0 unspecified atom stereocenters. The van der Waals surface area contributed by atoms with Crippen LogP contribution in [0.5, 0.6) is 0 Å². The Hall–Kier alpha value is -1.15. The highest BCUT2D eigenvalue weighted by Gasteiger charge is 1.94. The van der Waals surface area contributed by atoms with Crippen molar-refractivity contribution in [3.05, 3.63) is 41.7 Å². The summed E-state index contributed by atoms with van der Waals surface area (Å²) in [5.74, 6) is -0.181. The quantitative estimate of drug-likeness (QED) is 0.716. The van der Waals surface area contributed by atoms with Crippen LogP contribution in [0.1, 0.15) is 19.4 Å². The summed E-state index contributed by atoms with van der Waals surface area (Å²) >= 11 is 0. The van der Waals surface area contributed by atoms with E-state index in [1.54, 1.807) is 12.1 Å². The summed E-state index contributed by atoms with van der Waals surface area (Å²) in [5, 5.41) is 0. The summed E-state index contributed by atoms with van der Waals surface area (Å²) in [7, 11) is 0. The van der Waals surface area contributed by atoms with Gasteiger partial charge in [-0.3, -0.25) is 0 Å². The van der Waals surface area contributed by atoms with Gasteiger partial charge in [0.15, 0.2) is 0 Å². The van der Waals surface area contributed by atoms with Crippen molar-refractivity contribution in [3.8, 4) is 0 Å². The Balaban J connectivity index is 2.50. The summed E-state index contributed by atoms with van der Waals surface area (Å²) in [6.45, 7) is 7.29. The monoisotopic (exact) mass is 207 g/mol. The predicted molar refractivity (Wildman–Crippen MR) is 63.2 cm³/mol. The molecular formula is C13H18FN. The van der Waals surface area contributed by atoms with Crippen molar-refractivity contribution in [1.82, 2.24) is 4.90 Å². The Labute approximate surface area is 91.2 Å². The van der Waals surface area contributed by atoms with Crippen LogP contribution in [-0.4, -0.2) is 24.5 Å². The highest BCUT2D eigenvalue weighted by molar-refractivity contribution is 5.49. The van der Waals surface area contributed by atoms with Crippen LogP contribution in [0, 0.1) is 5.82 Å². The first-order valence-corrected chi connectivity index (χ1v) is 5.40. The van der Waals surface area contributed by atoms with E-state index >= 15 is 0 Å². The third kappa shape index (κ3) is 4.26. The summed E-state index contributed by atoms with van der Waals surface area (Å²) < 4.78 is 12.8. The van der Waals surface area contributed by atoms with Crippen LogP contribution < -0.4 is 0 Å². The molecule has 0 atom stereocenters. The number of hydrogen-bond donors (Lipinski definition) is 0. The van der Waals surface area contributed by atoms with Gasteiger partial charge < -0.3 is 4.90 Å². The van der Waals surface area contributed by atoms with Crippen LogP contribution in [-0.2, 0) is 0 Å². The molecule has 0 saturated carbocycles. The van der Waals surface area contributed by atoms with Crippen LogP contribution in [0.4, 0.5) is 4.39 Å². The molecule has 0 aromatic heterocycles. The summed E-state index contributed by atoms with van der Waals surface area (Å²) in [5.41, 5.74) is 0.919. The van der Waals surface area contributed by atoms with E-state index in [0.29, 0.717) is 0 Å². The predicted octanol–water partition coefficient (Wildman–Crippen LogP) is 3.18. The molecule has 0 saturated heterocycles. The fraction of sp³-hybridized carbons (Fsp3) is 0.385. The van der Waals surface area contributed by atoms with Gasteiger partial charge in [-0.1, -0.05) is 38.1 Å².